The van der Waals surface area contributed by atoms with Crippen molar-refractivity contribution in [3.8, 4) is 5.75 Å². The Morgan fingerprint density at radius 1 is 1.30 bits per heavy atom. The van der Waals surface area contributed by atoms with Gasteiger partial charge in [0.25, 0.3) is 0 Å². The Morgan fingerprint density at radius 3 is 2.60 bits per heavy atom. The second-order valence-corrected chi connectivity index (χ2v) is 6.57. The van der Waals surface area contributed by atoms with Gasteiger partial charge in [-0.2, -0.15) is 11.8 Å². The molecule has 0 spiro atoms. The minimum Gasteiger partial charge on any atom is -0.496 e. The van der Waals surface area contributed by atoms with Crippen molar-refractivity contribution in [1.82, 2.24) is 10.6 Å². The van der Waals surface area contributed by atoms with Crippen molar-refractivity contribution in [3.05, 3.63) is 29.8 Å². The van der Waals surface area contributed by atoms with E-state index in [4.69, 9.17) is 4.74 Å². The van der Waals surface area contributed by atoms with E-state index in [0.717, 1.165) is 23.8 Å². The largest absolute Gasteiger partial charge is 0.496 e. The smallest absolute Gasteiger partial charge is 0.191 e. The van der Waals surface area contributed by atoms with Crippen LogP contribution in [-0.2, 0) is 6.54 Å². The van der Waals surface area contributed by atoms with E-state index in [9.17, 15) is 0 Å². The average molecular weight is 295 g/mol. The first-order chi connectivity index (χ1) is 9.52. The molecule has 0 bridgehead atoms. The number of nitrogens with zero attached hydrogens (tertiary/aromatic N) is 1. The third-order valence-electron chi connectivity index (χ3n) is 3.10. The maximum atomic E-state index is 5.34. The van der Waals surface area contributed by atoms with E-state index in [-0.39, 0.29) is 4.75 Å². The molecule has 0 saturated carbocycles. The topological polar surface area (TPSA) is 45.7 Å². The number of thioether (sulfide) groups is 1. The maximum absolute atomic E-state index is 5.34. The number of ether oxygens (including phenoxy) is 1. The molecule has 0 saturated heterocycles. The first kappa shape index (κ1) is 16.7. The second kappa shape index (κ2) is 8.04. The Morgan fingerprint density at radius 2 is 2.00 bits per heavy atom. The van der Waals surface area contributed by atoms with Crippen molar-refractivity contribution in [3.63, 3.8) is 0 Å². The van der Waals surface area contributed by atoms with E-state index in [2.05, 4.69) is 35.7 Å². The van der Waals surface area contributed by atoms with Gasteiger partial charge in [-0.3, -0.25) is 4.99 Å². The summed E-state index contributed by atoms with van der Waals surface area (Å²) < 4.78 is 5.52. The van der Waals surface area contributed by atoms with Crippen LogP contribution in [0.3, 0.4) is 0 Å². The lowest BCUT2D eigenvalue weighted by Crippen LogP contribution is -2.43. The predicted octanol–water partition coefficient (Wildman–Crippen LogP) is 2.50. The molecular formula is C15H25N3OS. The Labute approximate surface area is 126 Å². The zero-order chi connectivity index (χ0) is 15.0. The molecule has 0 radical (unpaired) electrons. The molecule has 0 atom stereocenters. The number of methoxy groups -OCH3 is 1. The van der Waals surface area contributed by atoms with Crippen LogP contribution in [-0.4, -0.2) is 37.7 Å². The fourth-order valence-corrected chi connectivity index (χ4v) is 1.83. The quantitative estimate of drug-likeness (QED) is 0.625. The number of hydrogen-bond acceptors (Lipinski definition) is 3. The molecule has 0 unspecified atom stereocenters. The molecule has 1 rings (SSSR count). The Kier molecular flexibility index (Phi) is 6.71. The molecule has 0 heterocycles. The van der Waals surface area contributed by atoms with Crippen molar-refractivity contribution >= 4 is 17.7 Å². The number of aliphatic imine (C=N–C) groups is 1. The zero-order valence-electron chi connectivity index (χ0n) is 13.0. The van der Waals surface area contributed by atoms with Gasteiger partial charge >= 0.3 is 0 Å². The molecule has 0 aliphatic heterocycles. The summed E-state index contributed by atoms with van der Waals surface area (Å²) in [5, 5.41) is 6.65. The lowest BCUT2D eigenvalue weighted by molar-refractivity contribution is 0.409. The van der Waals surface area contributed by atoms with Crippen LogP contribution in [0.15, 0.2) is 29.3 Å². The highest BCUT2D eigenvalue weighted by atomic mass is 32.2. The highest BCUT2D eigenvalue weighted by Gasteiger charge is 2.16. The maximum Gasteiger partial charge on any atom is 0.191 e. The lowest BCUT2D eigenvalue weighted by Gasteiger charge is -2.23. The van der Waals surface area contributed by atoms with Crippen LogP contribution in [0.2, 0.25) is 0 Å². The molecule has 0 aliphatic rings. The molecule has 0 aromatic heterocycles. The summed E-state index contributed by atoms with van der Waals surface area (Å²) in [6, 6.07) is 7.98. The standard InChI is InChI=1S/C15H25N3OS/c1-15(2,20-5)11-18-14(16-3)17-10-12-8-6-7-9-13(12)19-4/h6-9H,10-11H2,1-5H3,(H2,16,17,18). The Balaban J connectivity index is 2.54. The van der Waals surface area contributed by atoms with Gasteiger partial charge in [0, 0.05) is 30.4 Å². The Bertz CT molecular complexity index is 446. The molecule has 4 nitrogen and oxygen atoms in total. The lowest BCUT2D eigenvalue weighted by atomic mass is 10.2. The van der Waals surface area contributed by atoms with E-state index in [1.54, 1.807) is 14.2 Å². The molecule has 1 aromatic rings. The van der Waals surface area contributed by atoms with Crippen LogP contribution >= 0.6 is 11.8 Å². The summed E-state index contributed by atoms with van der Waals surface area (Å²) in [4.78, 5) is 4.24. The summed E-state index contributed by atoms with van der Waals surface area (Å²) in [5.74, 6) is 1.69. The van der Waals surface area contributed by atoms with E-state index in [1.807, 2.05) is 36.0 Å². The van der Waals surface area contributed by atoms with Crippen LogP contribution in [0.25, 0.3) is 0 Å². The Hall–Kier alpha value is -1.36. The van der Waals surface area contributed by atoms with Crippen molar-refractivity contribution < 1.29 is 4.74 Å². The zero-order valence-corrected chi connectivity index (χ0v) is 13.8. The minimum absolute atomic E-state index is 0.183. The van der Waals surface area contributed by atoms with Gasteiger partial charge in [-0.25, -0.2) is 0 Å². The number of rotatable bonds is 6. The average Bonchev–Trinajstić information content (AvgIpc) is 2.47. The number of para-hydroxylation sites is 1. The molecule has 0 fully saturated rings. The van der Waals surface area contributed by atoms with Gasteiger partial charge in [-0.05, 0) is 26.2 Å². The highest BCUT2D eigenvalue weighted by Crippen LogP contribution is 2.19. The van der Waals surface area contributed by atoms with Crippen molar-refractivity contribution in [2.75, 3.05) is 27.0 Å². The number of guanidine groups is 1. The van der Waals surface area contributed by atoms with Gasteiger partial charge in [0.15, 0.2) is 5.96 Å². The first-order valence-corrected chi connectivity index (χ1v) is 7.86. The molecular weight excluding hydrogens is 270 g/mol. The van der Waals surface area contributed by atoms with Crippen LogP contribution in [0.4, 0.5) is 0 Å². The summed E-state index contributed by atoms with van der Waals surface area (Å²) >= 11 is 1.83. The van der Waals surface area contributed by atoms with Crippen LogP contribution in [0.5, 0.6) is 5.75 Å². The third kappa shape index (κ3) is 5.33. The molecule has 5 heteroatoms. The van der Waals surface area contributed by atoms with E-state index in [1.165, 1.54) is 0 Å². The van der Waals surface area contributed by atoms with Crippen LogP contribution < -0.4 is 15.4 Å². The number of hydrogen-bond donors (Lipinski definition) is 2. The van der Waals surface area contributed by atoms with Crippen LogP contribution in [0.1, 0.15) is 19.4 Å². The monoisotopic (exact) mass is 295 g/mol. The van der Waals surface area contributed by atoms with Crippen LogP contribution in [0, 0.1) is 0 Å². The molecule has 0 aliphatic carbocycles. The molecule has 2 N–H and O–H groups in total. The van der Waals surface area contributed by atoms with E-state index < -0.39 is 0 Å². The highest BCUT2D eigenvalue weighted by molar-refractivity contribution is 7.99. The SMILES string of the molecule is CN=C(NCc1ccccc1OC)NCC(C)(C)SC. The summed E-state index contributed by atoms with van der Waals surface area (Å²) in [6.07, 6.45) is 2.12. The van der Waals surface area contributed by atoms with E-state index >= 15 is 0 Å². The van der Waals surface area contributed by atoms with Gasteiger partial charge in [0.2, 0.25) is 0 Å². The first-order valence-electron chi connectivity index (χ1n) is 6.64. The van der Waals surface area contributed by atoms with Crippen molar-refractivity contribution in [1.29, 1.82) is 0 Å². The second-order valence-electron chi connectivity index (χ2n) is 5.05. The van der Waals surface area contributed by atoms with Crippen molar-refractivity contribution in [2.24, 2.45) is 4.99 Å². The predicted molar refractivity (Wildman–Crippen MR) is 88.8 cm³/mol. The minimum atomic E-state index is 0.183. The van der Waals surface area contributed by atoms with Gasteiger partial charge < -0.3 is 15.4 Å². The number of nitrogens with one attached hydrogen (secondary N) is 2. The van der Waals surface area contributed by atoms with Gasteiger partial charge in [0.05, 0.1) is 7.11 Å². The van der Waals surface area contributed by atoms with Gasteiger partial charge in [0.1, 0.15) is 5.75 Å². The molecule has 1 aromatic carbocycles. The summed E-state index contributed by atoms with van der Waals surface area (Å²) in [7, 11) is 3.47. The van der Waals surface area contributed by atoms with Gasteiger partial charge in [-0.1, -0.05) is 18.2 Å². The fraction of sp³-hybridized carbons (Fsp3) is 0.533. The van der Waals surface area contributed by atoms with Crippen molar-refractivity contribution in [2.45, 2.75) is 25.1 Å². The molecule has 112 valence electrons. The third-order valence-corrected chi connectivity index (χ3v) is 4.35. The number of benzene rings is 1. The van der Waals surface area contributed by atoms with E-state index in [0.29, 0.717) is 6.54 Å². The molecule has 20 heavy (non-hydrogen) atoms. The summed E-state index contributed by atoms with van der Waals surface area (Å²) in [6.45, 7) is 5.96. The molecule has 0 amide bonds. The van der Waals surface area contributed by atoms with Gasteiger partial charge in [-0.15, -0.1) is 0 Å². The normalized spacial score (nSPS) is 12.2. The fourth-order valence-electron chi connectivity index (χ4n) is 1.62. The summed E-state index contributed by atoms with van der Waals surface area (Å²) in [5.41, 5.74) is 1.11.